The molecule has 0 unspecified atom stereocenters. The number of anilines is 1. The molecule has 0 spiro atoms. The smallest absolute Gasteiger partial charge is 0.256 e. The number of hydrogen-bond donors (Lipinski definition) is 2. The van der Waals surface area contributed by atoms with E-state index in [9.17, 15) is 4.79 Å². The van der Waals surface area contributed by atoms with Gasteiger partial charge in [-0.1, -0.05) is 26.0 Å². The Labute approximate surface area is 117 Å². The summed E-state index contributed by atoms with van der Waals surface area (Å²) in [5.74, 6) is 1.41. The summed E-state index contributed by atoms with van der Waals surface area (Å²) in [6.07, 6.45) is 0. The molecular weight excluding hydrogens is 254 g/mol. The SMILES string of the molecule is CCOc1ccccc1-c1nc(N)c(C(C)C)c(=O)[nH]1. The molecule has 106 valence electrons. The van der Waals surface area contributed by atoms with E-state index in [4.69, 9.17) is 10.5 Å². The number of ether oxygens (including phenoxy) is 1. The number of nitrogens with one attached hydrogen (secondary N) is 1. The zero-order valence-corrected chi connectivity index (χ0v) is 11.9. The summed E-state index contributed by atoms with van der Waals surface area (Å²) in [4.78, 5) is 19.2. The average Bonchev–Trinajstić information content (AvgIpc) is 2.38. The predicted octanol–water partition coefficient (Wildman–Crippen LogP) is 2.54. The molecule has 0 aliphatic heterocycles. The number of hydrogen-bond acceptors (Lipinski definition) is 4. The van der Waals surface area contributed by atoms with Gasteiger partial charge in [-0.05, 0) is 25.0 Å². The van der Waals surface area contributed by atoms with Gasteiger partial charge in [0.05, 0.1) is 17.7 Å². The maximum absolute atomic E-state index is 12.1. The Morgan fingerprint density at radius 2 is 2.05 bits per heavy atom. The lowest BCUT2D eigenvalue weighted by Crippen LogP contribution is -2.19. The highest BCUT2D eigenvalue weighted by Gasteiger charge is 2.15. The van der Waals surface area contributed by atoms with Crippen molar-refractivity contribution in [2.75, 3.05) is 12.3 Å². The van der Waals surface area contributed by atoms with Crippen molar-refractivity contribution in [2.24, 2.45) is 0 Å². The van der Waals surface area contributed by atoms with Crippen LogP contribution in [0.3, 0.4) is 0 Å². The van der Waals surface area contributed by atoms with Crippen LogP contribution in [0.15, 0.2) is 29.1 Å². The monoisotopic (exact) mass is 273 g/mol. The van der Waals surface area contributed by atoms with E-state index >= 15 is 0 Å². The third-order valence-corrected chi connectivity index (χ3v) is 3.00. The van der Waals surface area contributed by atoms with E-state index < -0.39 is 0 Å². The average molecular weight is 273 g/mol. The number of nitrogen functional groups attached to an aromatic ring is 1. The summed E-state index contributed by atoms with van der Waals surface area (Å²) in [6, 6.07) is 7.42. The molecule has 5 nitrogen and oxygen atoms in total. The normalized spacial score (nSPS) is 10.8. The van der Waals surface area contributed by atoms with Crippen molar-refractivity contribution in [1.82, 2.24) is 9.97 Å². The molecule has 0 aliphatic rings. The minimum atomic E-state index is -0.200. The maximum Gasteiger partial charge on any atom is 0.256 e. The molecule has 3 N–H and O–H groups in total. The molecule has 0 radical (unpaired) electrons. The van der Waals surface area contributed by atoms with Gasteiger partial charge >= 0.3 is 0 Å². The Morgan fingerprint density at radius 1 is 1.35 bits per heavy atom. The number of benzene rings is 1. The van der Waals surface area contributed by atoms with E-state index in [0.29, 0.717) is 23.7 Å². The molecule has 0 fully saturated rings. The van der Waals surface area contributed by atoms with Crippen LogP contribution < -0.4 is 16.0 Å². The lowest BCUT2D eigenvalue weighted by molar-refractivity contribution is 0.341. The van der Waals surface area contributed by atoms with E-state index in [0.717, 1.165) is 5.56 Å². The van der Waals surface area contributed by atoms with Crippen molar-refractivity contribution >= 4 is 5.82 Å². The Hall–Kier alpha value is -2.30. The predicted molar refractivity (Wildman–Crippen MR) is 80.0 cm³/mol. The highest BCUT2D eigenvalue weighted by molar-refractivity contribution is 5.65. The van der Waals surface area contributed by atoms with Crippen LogP contribution >= 0.6 is 0 Å². The second-order valence-electron chi connectivity index (χ2n) is 4.80. The highest BCUT2D eigenvalue weighted by atomic mass is 16.5. The molecule has 0 aliphatic carbocycles. The lowest BCUT2D eigenvalue weighted by atomic mass is 10.1. The van der Waals surface area contributed by atoms with Gasteiger partial charge in [-0.2, -0.15) is 0 Å². The van der Waals surface area contributed by atoms with Gasteiger partial charge < -0.3 is 15.5 Å². The fourth-order valence-electron chi connectivity index (χ4n) is 2.13. The van der Waals surface area contributed by atoms with E-state index in [1.807, 2.05) is 45.0 Å². The van der Waals surface area contributed by atoms with Crippen LogP contribution in [0.2, 0.25) is 0 Å². The summed E-state index contributed by atoms with van der Waals surface area (Å²) in [5, 5.41) is 0. The quantitative estimate of drug-likeness (QED) is 0.897. The second-order valence-corrected chi connectivity index (χ2v) is 4.80. The fraction of sp³-hybridized carbons (Fsp3) is 0.333. The fourth-order valence-corrected chi connectivity index (χ4v) is 2.13. The molecule has 1 aromatic carbocycles. The zero-order valence-electron chi connectivity index (χ0n) is 11.9. The van der Waals surface area contributed by atoms with Gasteiger partial charge in [0.25, 0.3) is 5.56 Å². The molecule has 2 rings (SSSR count). The topological polar surface area (TPSA) is 81.0 Å². The first-order valence-electron chi connectivity index (χ1n) is 6.66. The summed E-state index contributed by atoms with van der Waals surface area (Å²) in [5.41, 5.74) is 6.96. The number of H-pyrrole nitrogens is 1. The highest BCUT2D eigenvalue weighted by Crippen LogP contribution is 2.28. The number of aromatic amines is 1. The van der Waals surface area contributed by atoms with Crippen LogP contribution in [0, 0.1) is 0 Å². The van der Waals surface area contributed by atoms with Crippen LogP contribution in [-0.2, 0) is 0 Å². The molecule has 5 heteroatoms. The van der Waals surface area contributed by atoms with Gasteiger partial charge in [0.15, 0.2) is 0 Å². The summed E-state index contributed by atoms with van der Waals surface area (Å²) < 4.78 is 5.55. The number of nitrogens with two attached hydrogens (primary N) is 1. The standard InChI is InChI=1S/C15H19N3O2/c1-4-20-11-8-6-5-7-10(11)14-17-13(16)12(9(2)3)15(19)18-14/h5-9H,4H2,1-3H3,(H3,16,17,18,19). The van der Waals surface area contributed by atoms with E-state index in [1.54, 1.807) is 0 Å². The van der Waals surface area contributed by atoms with E-state index in [1.165, 1.54) is 0 Å². The number of nitrogens with zero attached hydrogens (tertiary/aromatic N) is 1. The van der Waals surface area contributed by atoms with Crippen molar-refractivity contribution < 1.29 is 4.74 Å². The van der Waals surface area contributed by atoms with Crippen LogP contribution in [0.5, 0.6) is 5.75 Å². The third-order valence-electron chi connectivity index (χ3n) is 3.00. The summed E-state index contributed by atoms with van der Waals surface area (Å²) in [7, 11) is 0. The molecule has 1 aromatic heterocycles. The van der Waals surface area contributed by atoms with Gasteiger partial charge in [-0.25, -0.2) is 4.98 Å². The molecular formula is C15H19N3O2. The molecule has 0 saturated carbocycles. The minimum absolute atomic E-state index is 0.0300. The van der Waals surface area contributed by atoms with Crippen molar-refractivity contribution in [3.05, 3.63) is 40.2 Å². The maximum atomic E-state index is 12.1. The van der Waals surface area contributed by atoms with Crippen LogP contribution in [0.1, 0.15) is 32.3 Å². The Kier molecular flexibility index (Phi) is 4.08. The number of rotatable bonds is 4. The Bertz CT molecular complexity index is 662. The van der Waals surface area contributed by atoms with Crippen LogP contribution in [0.4, 0.5) is 5.82 Å². The zero-order chi connectivity index (χ0) is 14.7. The Balaban J connectivity index is 2.58. The molecule has 2 aromatic rings. The van der Waals surface area contributed by atoms with Crippen molar-refractivity contribution in [1.29, 1.82) is 0 Å². The molecule has 0 atom stereocenters. The molecule has 0 amide bonds. The summed E-state index contributed by atoms with van der Waals surface area (Å²) in [6.45, 7) is 6.27. The lowest BCUT2D eigenvalue weighted by Gasteiger charge is -2.12. The van der Waals surface area contributed by atoms with Crippen LogP contribution in [-0.4, -0.2) is 16.6 Å². The Morgan fingerprint density at radius 3 is 2.65 bits per heavy atom. The van der Waals surface area contributed by atoms with Crippen molar-refractivity contribution in [2.45, 2.75) is 26.7 Å². The third kappa shape index (κ3) is 2.66. The first-order chi connectivity index (χ1) is 9.54. The molecule has 0 saturated heterocycles. The largest absolute Gasteiger partial charge is 0.493 e. The van der Waals surface area contributed by atoms with Crippen molar-refractivity contribution in [3.63, 3.8) is 0 Å². The number of aromatic nitrogens is 2. The van der Waals surface area contributed by atoms with Gasteiger partial charge in [-0.3, -0.25) is 4.79 Å². The van der Waals surface area contributed by atoms with Crippen molar-refractivity contribution in [3.8, 4) is 17.1 Å². The van der Waals surface area contributed by atoms with E-state index in [2.05, 4.69) is 9.97 Å². The first kappa shape index (κ1) is 14.1. The number of para-hydroxylation sites is 1. The van der Waals surface area contributed by atoms with Gasteiger partial charge in [0.2, 0.25) is 0 Å². The van der Waals surface area contributed by atoms with Gasteiger partial charge in [0, 0.05) is 0 Å². The summed E-state index contributed by atoms with van der Waals surface area (Å²) >= 11 is 0. The van der Waals surface area contributed by atoms with Gasteiger partial charge in [-0.15, -0.1) is 0 Å². The molecule has 0 bridgehead atoms. The molecule has 1 heterocycles. The van der Waals surface area contributed by atoms with Crippen LogP contribution in [0.25, 0.3) is 11.4 Å². The first-order valence-corrected chi connectivity index (χ1v) is 6.66. The van der Waals surface area contributed by atoms with E-state index in [-0.39, 0.29) is 17.3 Å². The van der Waals surface area contributed by atoms with Gasteiger partial charge in [0.1, 0.15) is 17.4 Å². The molecule has 20 heavy (non-hydrogen) atoms. The minimum Gasteiger partial charge on any atom is -0.493 e. The second kappa shape index (κ2) is 5.77.